The zero-order chi connectivity index (χ0) is 21.1. The molecule has 0 amide bonds. The normalized spacial score (nSPS) is 11.3. The van der Waals surface area contributed by atoms with Gasteiger partial charge in [0.1, 0.15) is 5.82 Å². The topological polar surface area (TPSA) is 95.9 Å². The number of nitrogens with two attached hydrogens (primary N) is 1. The van der Waals surface area contributed by atoms with E-state index in [1.807, 2.05) is 73.1 Å². The molecule has 0 bridgehead atoms. The number of nitrogen functional groups attached to an aromatic ring is 1. The quantitative estimate of drug-likeness (QED) is 0.405. The Labute approximate surface area is 173 Å². The van der Waals surface area contributed by atoms with Crippen LogP contribution in [-0.4, -0.2) is 25.7 Å². The first kappa shape index (κ1) is 19.3. The molecule has 0 saturated carbocycles. The third-order valence-electron chi connectivity index (χ3n) is 4.76. The smallest absolute Gasteiger partial charge is 0.331 e. The van der Waals surface area contributed by atoms with Crippen molar-refractivity contribution in [3.8, 4) is 5.69 Å². The van der Waals surface area contributed by atoms with E-state index in [9.17, 15) is 4.79 Å². The summed E-state index contributed by atoms with van der Waals surface area (Å²) in [7, 11) is 0. The molecule has 150 valence electrons. The molecule has 4 aromatic rings. The van der Waals surface area contributed by atoms with E-state index in [4.69, 9.17) is 10.5 Å². The lowest BCUT2D eigenvalue weighted by molar-refractivity contribution is -0.139. The average molecular weight is 399 g/mol. The van der Waals surface area contributed by atoms with E-state index in [1.165, 1.54) is 6.08 Å². The van der Waals surface area contributed by atoms with Crippen molar-refractivity contribution in [2.24, 2.45) is 0 Å². The summed E-state index contributed by atoms with van der Waals surface area (Å²) in [6, 6.07) is 17.3. The van der Waals surface area contributed by atoms with Crippen molar-refractivity contribution in [2.45, 2.75) is 20.5 Å². The second-order valence-electron chi connectivity index (χ2n) is 6.82. The van der Waals surface area contributed by atoms with Crippen LogP contribution < -0.4 is 5.73 Å². The van der Waals surface area contributed by atoms with Crippen LogP contribution in [0.4, 0.5) is 5.82 Å². The molecule has 0 fully saturated rings. The monoisotopic (exact) mass is 399 g/mol. The SMILES string of the molecule is Cc1nn(-c2ccccc2)c(C)c1/C=C/C(=O)OCc1nc(N)c2ccccc2n1. The van der Waals surface area contributed by atoms with Crippen LogP contribution in [0.5, 0.6) is 0 Å². The molecular formula is C23H21N5O2. The average Bonchev–Trinajstić information content (AvgIpc) is 3.05. The van der Waals surface area contributed by atoms with Crippen LogP contribution >= 0.6 is 0 Å². The van der Waals surface area contributed by atoms with E-state index in [1.54, 1.807) is 6.08 Å². The molecule has 2 aromatic carbocycles. The van der Waals surface area contributed by atoms with Gasteiger partial charge in [0.05, 0.1) is 16.9 Å². The Morgan fingerprint density at radius 2 is 1.80 bits per heavy atom. The van der Waals surface area contributed by atoms with Crippen molar-refractivity contribution in [1.29, 1.82) is 0 Å². The van der Waals surface area contributed by atoms with Gasteiger partial charge < -0.3 is 10.5 Å². The van der Waals surface area contributed by atoms with Gasteiger partial charge in [-0.1, -0.05) is 30.3 Å². The van der Waals surface area contributed by atoms with Crippen molar-refractivity contribution in [2.75, 3.05) is 5.73 Å². The molecule has 7 nitrogen and oxygen atoms in total. The Hall–Kier alpha value is -4.00. The minimum Gasteiger partial charge on any atom is -0.454 e. The van der Waals surface area contributed by atoms with Crippen LogP contribution in [0.2, 0.25) is 0 Å². The number of rotatable bonds is 5. The lowest BCUT2D eigenvalue weighted by Gasteiger charge is -2.05. The predicted octanol–water partition coefficient (Wildman–Crippen LogP) is 3.77. The highest BCUT2D eigenvalue weighted by Crippen LogP contribution is 2.20. The van der Waals surface area contributed by atoms with Crippen LogP contribution in [0.25, 0.3) is 22.7 Å². The van der Waals surface area contributed by atoms with E-state index < -0.39 is 5.97 Å². The summed E-state index contributed by atoms with van der Waals surface area (Å²) in [6.07, 6.45) is 3.10. The van der Waals surface area contributed by atoms with E-state index >= 15 is 0 Å². The van der Waals surface area contributed by atoms with Crippen LogP contribution in [0.1, 0.15) is 22.8 Å². The van der Waals surface area contributed by atoms with E-state index in [0.29, 0.717) is 17.2 Å². The number of hydrogen-bond donors (Lipinski definition) is 1. The summed E-state index contributed by atoms with van der Waals surface area (Å²) in [4.78, 5) is 20.8. The van der Waals surface area contributed by atoms with E-state index in [2.05, 4.69) is 15.1 Å². The summed E-state index contributed by atoms with van der Waals surface area (Å²) >= 11 is 0. The van der Waals surface area contributed by atoms with E-state index in [0.717, 1.165) is 28.0 Å². The molecule has 0 aliphatic carbocycles. The number of ether oxygens (including phenoxy) is 1. The third kappa shape index (κ3) is 3.91. The van der Waals surface area contributed by atoms with Gasteiger partial charge in [-0.3, -0.25) is 0 Å². The predicted molar refractivity (Wildman–Crippen MR) is 116 cm³/mol. The fraction of sp³-hybridized carbons (Fsp3) is 0.130. The summed E-state index contributed by atoms with van der Waals surface area (Å²) in [5.74, 6) is 0.232. The number of aromatic nitrogens is 4. The number of aryl methyl sites for hydroxylation is 1. The van der Waals surface area contributed by atoms with Crippen LogP contribution in [-0.2, 0) is 16.1 Å². The Kier molecular flexibility index (Phi) is 5.26. The maximum atomic E-state index is 12.2. The highest BCUT2D eigenvalue weighted by molar-refractivity contribution is 5.88. The van der Waals surface area contributed by atoms with Gasteiger partial charge in [0.15, 0.2) is 12.4 Å². The van der Waals surface area contributed by atoms with Crippen LogP contribution in [0.15, 0.2) is 60.7 Å². The molecule has 0 unspecified atom stereocenters. The number of para-hydroxylation sites is 2. The molecule has 0 atom stereocenters. The molecular weight excluding hydrogens is 378 g/mol. The number of carbonyl (C=O) groups is 1. The maximum absolute atomic E-state index is 12.2. The van der Waals surface area contributed by atoms with Gasteiger partial charge in [-0.05, 0) is 44.2 Å². The van der Waals surface area contributed by atoms with Gasteiger partial charge in [-0.25, -0.2) is 19.4 Å². The molecule has 0 aliphatic heterocycles. The minimum atomic E-state index is -0.489. The fourth-order valence-corrected chi connectivity index (χ4v) is 3.27. The lowest BCUT2D eigenvalue weighted by atomic mass is 10.2. The number of nitrogens with zero attached hydrogens (tertiary/aromatic N) is 4. The van der Waals surface area contributed by atoms with Crippen molar-refractivity contribution in [3.05, 3.63) is 83.4 Å². The summed E-state index contributed by atoms with van der Waals surface area (Å²) in [5.41, 5.74) is 10.3. The Balaban J connectivity index is 1.47. The molecule has 2 N–H and O–H groups in total. The summed E-state index contributed by atoms with van der Waals surface area (Å²) in [6.45, 7) is 3.81. The van der Waals surface area contributed by atoms with Crippen LogP contribution in [0, 0.1) is 13.8 Å². The van der Waals surface area contributed by atoms with Gasteiger partial charge in [0.2, 0.25) is 0 Å². The number of carbonyl (C=O) groups excluding carboxylic acids is 1. The van der Waals surface area contributed by atoms with Crippen molar-refractivity contribution in [3.63, 3.8) is 0 Å². The molecule has 0 radical (unpaired) electrons. The van der Waals surface area contributed by atoms with Gasteiger partial charge in [-0.15, -0.1) is 0 Å². The number of benzene rings is 2. The van der Waals surface area contributed by atoms with Crippen molar-refractivity contribution >= 4 is 28.8 Å². The van der Waals surface area contributed by atoms with Gasteiger partial charge in [0.25, 0.3) is 0 Å². The largest absolute Gasteiger partial charge is 0.454 e. The molecule has 0 saturated heterocycles. The molecule has 0 aliphatic rings. The molecule has 0 spiro atoms. The Bertz CT molecular complexity index is 1250. The first-order chi connectivity index (χ1) is 14.5. The second-order valence-corrected chi connectivity index (χ2v) is 6.82. The molecule has 4 rings (SSSR count). The minimum absolute atomic E-state index is 0.0561. The number of anilines is 1. The summed E-state index contributed by atoms with van der Waals surface area (Å²) < 4.78 is 7.14. The molecule has 30 heavy (non-hydrogen) atoms. The second kappa shape index (κ2) is 8.16. The molecule has 2 heterocycles. The zero-order valence-corrected chi connectivity index (χ0v) is 16.7. The van der Waals surface area contributed by atoms with Gasteiger partial charge in [-0.2, -0.15) is 5.10 Å². The fourth-order valence-electron chi connectivity index (χ4n) is 3.27. The molecule has 7 heteroatoms. The van der Waals surface area contributed by atoms with Crippen molar-refractivity contribution in [1.82, 2.24) is 19.7 Å². The Morgan fingerprint density at radius 1 is 1.07 bits per heavy atom. The first-order valence-electron chi connectivity index (χ1n) is 9.50. The number of fused-ring (bicyclic) bond motifs is 1. The zero-order valence-electron chi connectivity index (χ0n) is 16.7. The number of hydrogen-bond acceptors (Lipinski definition) is 6. The first-order valence-corrected chi connectivity index (χ1v) is 9.50. The third-order valence-corrected chi connectivity index (χ3v) is 4.76. The highest BCUT2D eigenvalue weighted by Gasteiger charge is 2.11. The van der Waals surface area contributed by atoms with Gasteiger partial charge >= 0.3 is 5.97 Å². The Morgan fingerprint density at radius 3 is 2.60 bits per heavy atom. The van der Waals surface area contributed by atoms with Crippen LogP contribution in [0.3, 0.4) is 0 Å². The highest BCUT2D eigenvalue weighted by atomic mass is 16.5. The number of esters is 1. The van der Waals surface area contributed by atoms with E-state index in [-0.39, 0.29) is 6.61 Å². The van der Waals surface area contributed by atoms with Gasteiger partial charge in [0, 0.05) is 22.7 Å². The lowest BCUT2D eigenvalue weighted by Crippen LogP contribution is -2.06. The maximum Gasteiger partial charge on any atom is 0.331 e. The summed E-state index contributed by atoms with van der Waals surface area (Å²) in [5, 5.41) is 5.34. The van der Waals surface area contributed by atoms with Crippen molar-refractivity contribution < 1.29 is 9.53 Å². The molecule has 2 aromatic heterocycles. The standard InChI is InChI=1S/C23H21N5O2/c1-15-18(16(2)28(27-15)17-8-4-3-5-9-17)12-13-22(29)30-14-21-25-20-11-7-6-10-19(20)23(24)26-21/h3-13H,14H2,1-2H3,(H2,24,25,26)/b13-12+.